The van der Waals surface area contributed by atoms with Crippen LogP contribution in [0.25, 0.3) is 0 Å². The highest BCUT2D eigenvalue weighted by Gasteiger charge is 2.56. The first-order chi connectivity index (χ1) is 10.7. The van der Waals surface area contributed by atoms with E-state index in [2.05, 4.69) is 5.32 Å². The second-order valence-electron chi connectivity index (χ2n) is 7.37. The summed E-state index contributed by atoms with van der Waals surface area (Å²) in [5.74, 6) is 0.573. The zero-order valence-corrected chi connectivity index (χ0v) is 14.4. The Morgan fingerprint density at radius 3 is 2.61 bits per heavy atom. The van der Waals surface area contributed by atoms with Crippen molar-refractivity contribution in [2.75, 3.05) is 13.1 Å². The summed E-state index contributed by atoms with van der Waals surface area (Å²) in [4.78, 5) is 13.8. The lowest BCUT2D eigenvalue weighted by atomic mass is 10.2. The van der Waals surface area contributed by atoms with Crippen LogP contribution < -0.4 is 5.32 Å². The van der Waals surface area contributed by atoms with Crippen molar-refractivity contribution in [3.05, 3.63) is 34.6 Å². The van der Waals surface area contributed by atoms with Crippen LogP contribution in [-0.4, -0.2) is 35.7 Å². The molecule has 0 aromatic heterocycles. The Morgan fingerprint density at radius 2 is 2.04 bits per heavy atom. The molecule has 2 aliphatic rings. The first-order valence-electron chi connectivity index (χ1n) is 7.90. The summed E-state index contributed by atoms with van der Waals surface area (Å²) in [7, 11) is 0. The van der Waals surface area contributed by atoms with E-state index in [9.17, 15) is 9.18 Å². The van der Waals surface area contributed by atoms with Crippen molar-refractivity contribution < 1.29 is 13.9 Å². The topological polar surface area (TPSA) is 41.6 Å². The van der Waals surface area contributed by atoms with Crippen molar-refractivity contribution in [2.24, 2.45) is 11.8 Å². The number of fused-ring (bicyclic) bond motifs is 1. The molecule has 3 rings (SSSR count). The molecule has 0 bridgehead atoms. The molecule has 1 aromatic rings. The molecule has 2 unspecified atom stereocenters. The van der Waals surface area contributed by atoms with Crippen LogP contribution in [0.2, 0.25) is 5.02 Å². The van der Waals surface area contributed by atoms with Crippen LogP contribution in [0.3, 0.4) is 0 Å². The third kappa shape index (κ3) is 3.78. The molecule has 1 heterocycles. The minimum absolute atomic E-state index is 0.149. The van der Waals surface area contributed by atoms with Gasteiger partial charge < -0.3 is 15.0 Å². The van der Waals surface area contributed by atoms with Crippen LogP contribution in [0, 0.1) is 17.7 Å². The number of benzene rings is 1. The van der Waals surface area contributed by atoms with Crippen LogP contribution in [0.5, 0.6) is 0 Å². The summed E-state index contributed by atoms with van der Waals surface area (Å²) < 4.78 is 18.5. The maximum Gasteiger partial charge on any atom is 0.410 e. The highest BCUT2D eigenvalue weighted by Crippen LogP contribution is 2.45. The molecule has 1 saturated heterocycles. The zero-order chi connectivity index (χ0) is 16.8. The Kier molecular flexibility index (Phi) is 4.27. The average Bonchev–Trinajstić information content (AvgIpc) is 2.89. The van der Waals surface area contributed by atoms with Gasteiger partial charge in [0.15, 0.2) is 0 Å². The number of carbonyl (C=O) groups is 1. The van der Waals surface area contributed by atoms with Crippen molar-refractivity contribution in [1.29, 1.82) is 0 Å². The molecule has 23 heavy (non-hydrogen) atoms. The number of hydrogen-bond acceptors (Lipinski definition) is 3. The van der Waals surface area contributed by atoms with E-state index in [1.807, 2.05) is 20.8 Å². The number of piperidine rings is 1. The molecule has 2 fully saturated rings. The lowest BCUT2D eigenvalue weighted by Gasteiger charge is -2.26. The number of rotatable bonds is 3. The molecule has 6 heteroatoms. The van der Waals surface area contributed by atoms with Gasteiger partial charge in [-0.15, -0.1) is 0 Å². The van der Waals surface area contributed by atoms with Crippen LogP contribution >= 0.6 is 11.6 Å². The monoisotopic (exact) mass is 340 g/mol. The van der Waals surface area contributed by atoms with E-state index >= 15 is 0 Å². The van der Waals surface area contributed by atoms with Gasteiger partial charge in [0, 0.05) is 25.7 Å². The third-order valence-electron chi connectivity index (χ3n) is 4.37. The van der Waals surface area contributed by atoms with Gasteiger partial charge in [-0.05, 0) is 50.3 Å². The zero-order valence-electron chi connectivity index (χ0n) is 13.6. The number of amides is 1. The molecule has 0 radical (unpaired) electrons. The first kappa shape index (κ1) is 16.5. The Labute approximate surface area is 140 Å². The van der Waals surface area contributed by atoms with Crippen molar-refractivity contribution >= 4 is 17.7 Å². The minimum atomic E-state index is -0.455. The summed E-state index contributed by atoms with van der Waals surface area (Å²) in [5, 5.41) is 3.62. The summed E-state index contributed by atoms with van der Waals surface area (Å²) in [6.07, 6.45) is -0.228. The molecule has 1 N–H and O–H groups in total. The standard InChI is InChI=1S/C17H22ClFN2O2/c1-17(2,3)23-16(22)21-8-11-12(9-21)15(11)20-7-10-4-5-14(19)13(18)6-10/h4-6,11-12,15,20H,7-9H2,1-3H3. The lowest BCUT2D eigenvalue weighted by molar-refractivity contribution is 0.0269. The van der Waals surface area contributed by atoms with Crippen molar-refractivity contribution in [3.63, 3.8) is 0 Å². The Bertz CT molecular complexity index is 605. The summed E-state index contributed by atoms with van der Waals surface area (Å²) >= 11 is 5.79. The SMILES string of the molecule is CC(C)(C)OC(=O)N1CC2C(C1)C2NCc1ccc(F)c(Cl)c1. The van der Waals surface area contributed by atoms with Crippen LogP contribution in [0.15, 0.2) is 18.2 Å². The minimum Gasteiger partial charge on any atom is -0.444 e. The Morgan fingerprint density at radius 1 is 1.39 bits per heavy atom. The van der Waals surface area contributed by atoms with Gasteiger partial charge in [0.2, 0.25) is 0 Å². The number of likely N-dealkylation sites (tertiary alicyclic amines) is 1. The molecule has 1 aliphatic carbocycles. The van der Waals surface area contributed by atoms with Gasteiger partial charge in [-0.2, -0.15) is 0 Å². The summed E-state index contributed by atoms with van der Waals surface area (Å²) in [5.41, 5.74) is 0.508. The predicted octanol–water partition coefficient (Wildman–Crippen LogP) is 3.43. The second-order valence-corrected chi connectivity index (χ2v) is 7.78. The normalized spacial score (nSPS) is 26.1. The highest BCUT2D eigenvalue weighted by molar-refractivity contribution is 6.30. The van der Waals surface area contributed by atoms with E-state index in [4.69, 9.17) is 16.3 Å². The number of nitrogens with one attached hydrogen (secondary N) is 1. The molecule has 0 spiro atoms. The van der Waals surface area contributed by atoms with E-state index < -0.39 is 11.4 Å². The number of carbonyl (C=O) groups excluding carboxylic acids is 1. The fourth-order valence-electron chi connectivity index (χ4n) is 3.19. The average molecular weight is 341 g/mol. The van der Waals surface area contributed by atoms with Crippen LogP contribution in [-0.2, 0) is 11.3 Å². The Hall–Kier alpha value is -1.33. The van der Waals surface area contributed by atoms with Gasteiger partial charge in [0.05, 0.1) is 5.02 Å². The largest absolute Gasteiger partial charge is 0.444 e. The molecule has 4 nitrogen and oxygen atoms in total. The second kappa shape index (κ2) is 5.95. The molecule has 1 aromatic carbocycles. The lowest BCUT2D eigenvalue weighted by Crippen LogP contribution is -2.39. The molecule has 2 atom stereocenters. The van der Waals surface area contributed by atoms with Crippen LogP contribution in [0.1, 0.15) is 26.3 Å². The highest BCUT2D eigenvalue weighted by atomic mass is 35.5. The number of hydrogen-bond donors (Lipinski definition) is 1. The van der Waals surface area contributed by atoms with Gasteiger partial charge in [-0.25, -0.2) is 9.18 Å². The fourth-order valence-corrected chi connectivity index (χ4v) is 3.39. The van der Waals surface area contributed by atoms with Gasteiger partial charge in [0.25, 0.3) is 0 Å². The maximum absolute atomic E-state index is 13.1. The van der Waals surface area contributed by atoms with Crippen molar-refractivity contribution in [3.8, 4) is 0 Å². The Balaban J connectivity index is 1.45. The molecular weight excluding hydrogens is 319 g/mol. The van der Waals surface area contributed by atoms with Gasteiger partial charge in [-0.1, -0.05) is 17.7 Å². The van der Waals surface area contributed by atoms with Crippen LogP contribution in [0.4, 0.5) is 9.18 Å². The van der Waals surface area contributed by atoms with E-state index in [-0.39, 0.29) is 11.1 Å². The van der Waals surface area contributed by atoms with Crippen molar-refractivity contribution in [2.45, 2.75) is 39.0 Å². The van der Waals surface area contributed by atoms with Gasteiger partial charge >= 0.3 is 6.09 Å². The fraction of sp³-hybridized carbons (Fsp3) is 0.588. The number of halogens is 2. The molecule has 1 aliphatic heterocycles. The van der Waals surface area contributed by atoms with Gasteiger partial charge in [-0.3, -0.25) is 0 Å². The molecule has 126 valence electrons. The molecule has 1 saturated carbocycles. The first-order valence-corrected chi connectivity index (χ1v) is 8.27. The number of ether oxygens (including phenoxy) is 1. The smallest absolute Gasteiger partial charge is 0.410 e. The van der Waals surface area contributed by atoms with Gasteiger partial charge in [0.1, 0.15) is 11.4 Å². The third-order valence-corrected chi connectivity index (χ3v) is 4.66. The quantitative estimate of drug-likeness (QED) is 0.916. The van der Waals surface area contributed by atoms with E-state index in [0.29, 0.717) is 24.4 Å². The molecule has 1 amide bonds. The van der Waals surface area contributed by atoms with Crippen molar-refractivity contribution in [1.82, 2.24) is 10.2 Å². The van der Waals surface area contributed by atoms with E-state index in [0.717, 1.165) is 18.7 Å². The van der Waals surface area contributed by atoms with E-state index in [1.54, 1.807) is 17.0 Å². The summed E-state index contributed by atoms with van der Waals surface area (Å²) in [6, 6.07) is 5.18. The summed E-state index contributed by atoms with van der Waals surface area (Å²) in [6.45, 7) is 7.76. The molecular formula is C17H22ClFN2O2. The van der Waals surface area contributed by atoms with E-state index in [1.165, 1.54) is 6.07 Å². The maximum atomic E-state index is 13.1. The predicted molar refractivity (Wildman–Crippen MR) is 86.8 cm³/mol. The number of nitrogens with zero attached hydrogens (tertiary/aromatic N) is 1.